The number of amides is 2. The fourth-order valence-electron chi connectivity index (χ4n) is 2.95. The molecule has 0 unspecified atom stereocenters. The highest BCUT2D eigenvalue weighted by Gasteiger charge is 2.35. The lowest BCUT2D eigenvalue weighted by molar-refractivity contribution is -0.142. The maximum absolute atomic E-state index is 13.1. The van der Waals surface area contributed by atoms with E-state index in [-0.39, 0.29) is 12.2 Å². The number of pyridine rings is 1. The molecule has 3 N–H and O–H groups in total. The van der Waals surface area contributed by atoms with Gasteiger partial charge in [0.25, 0.3) is 5.91 Å². The van der Waals surface area contributed by atoms with Crippen molar-refractivity contribution in [1.29, 1.82) is 0 Å². The number of primary amides is 1. The summed E-state index contributed by atoms with van der Waals surface area (Å²) in [6.45, 7) is 4.42. The summed E-state index contributed by atoms with van der Waals surface area (Å²) in [7, 11) is 0. The van der Waals surface area contributed by atoms with E-state index in [1.165, 1.54) is 37.3 Å². The molecule has 3 aromatic rings. The number of thiophene rings is 1. The summed E-state index contributed by atoms with van der Waals surface area (Å²) in [6, 6.07) is 7.65. The van der Waals surface area contributed by atoms with E-state index in [9.17, 15) is 22.8 Å². The smallest absolute Gasteiger partial charge is 0.433 e. The van der Waals surface area contributed by atoms with Crippen LogP contribution in [0.25, 0.3) is 10.1 Å². The van der Waals surface area contributed by atoms with Gasteiger partial charge in [0.2, 0.25) is 5.91 Å². The molecule has 10 heteroatoms. The molecule has 0 spiro atoms. The number of aryl methyl sites for hydroxylation is 1. The number of nitrogens with one attached hydrogen (secondary N) is 1. The molecule has 0 atom stereocenters. The van der Waals surface area contributed by atoms with Gasteiger partial charge in [0.1, 0.15) is 17.9 Å². The zero-order valence-corrected chi connectivity index (χ0v) is 17.8. The van der Waals surface area contributed by atoms with Crippen LogP contribution in [-0.2, 0) is 17.6 Å². The molecular formula is C21H20F3N3O3S. The highest BCUT2D eigenvalue weighted by molar-refractivity contribution is 7.19. The molecule has 0 saturated carbocycles. The maximum atomic E-state index is 13.1. The standard InChI is InChI=1S/C21H20F3N3O3S/c1-11-16(18(28)27-20(2,3)19(25)29)14-9-13(6-7-15(14)31-11)30-10-12-5-4-8-26-17(12)21(22,23)24/h4-9H,10H2,1-3H3,(H2,25,29)(H,27,28). The molecule has 0 aliphatic rings. The van der Waals surface area contributed by atoms with Crippen LogP contribution in [0, 0.1) is 6.92 Å². The predicted molar refractivity (Wildman–Crippen MR) is 111 cm³/mol. The summed E-state index contributed by atoms with van der Waals surface area (Å²) in [6.07, 6.45) is -3.52. The van der Waals surface area contributed by atoms with E-state index in [0.717, 1.165) is 15.8 Å². The Morgan fingerprint density at radius 3 is 2.58 bits per heavy atom. The van der Waals surface area contributed by atoms with Gasteiger partial charge in [-0.15, -0.1) is 11.3 Å². The van der Waals surface area contributed by atoms with Crippen LogP contribution in [0.4, 0.5) is 13.2 Å². The average Bonchev–Trinajstić information content (AvgIpc) is 3.00. The summed E-state index contributed by atoms with van der Waals surface area (Å²) in [4.78, 5) is 28.5. The second kappa shape index (κ2) is 8.18. The molecule has 2 amide bonds. The van der Waals surface area contributed by atoms with Crippen LogP contribution < -0.4 is 15.8 Å². The number of halogens is 3. The van der Waals surface area contributed by atoms with E-state index in [1.807, 2.05) is 0 Å². The number of aromatic nitrogens is 1. The van der Waals surface area contributed by atoms with Crippen molar-refractivity contribution in [3.8, 4) is 5.75 Å². The topological polar surface area (TPSA) is 94.3 Å². The first kappa shape index (κ1) is 22.5. The lowest BCUT2D eigenvalue weighted by Crippen LogP contribution is -2.53. The number of hydrogen-bond acceptors (Lipinski definition) is 5. The number of fused-ring (bicyclic) bond motifs is 1. The number of ether oxygens (including phenoxy) is 1. The number of carbonyl (C=O) groups is 2. The highest BCUT2D eigenvalue weighted by atomic mass is 32.1. The van der Waals surface area contributed by atoms with Crippen molar-refractivity contribution in [1.82, 2.24) is 10.3 Å². The number of alkyl halides is 3. The Morgan fingerprint density at radius 1 is 1.23 bits per heavy atom. The number of carbonyl (C=O) groups excluding carboxylic acids is 2. The van der Waals surface area contributed by atoms with Crippen LogP contribution in [0.15, 0.2) is 36.5 Å². The van der Waals surface area contributed by atoms with E-state index in [0.29, 0.717) is 16.7 Å². The second-order valence-corrected chi connectivity index (χ2v) is 8.69. The summed E-state index contributed by atoms with van der Waals surface area (Å²) in [5.74, 6) is -0.860. The van der Waals surface area contributed by atoms with Gasteiger partial charge < -0.3 is 15.8 Å². The van der Waals surface area contributed by atoms with Crippen LogP contribution in [0.5, 0.6) is 5.75 Å². The molecule has 6 nitrogen and oxygen atoms in total. The lowest BCUT2D eigenvalue weighted by atomic mass is 10.0. The van der Waals surface area contributed by atoms with Crippen LogP contribution in [0.3, 0.4) is 0 Å². The molecular weight excluding hydrogens is 431 g/mol. The highest BCUT2D eigenvalue weighted by Crippen LogP contribution is 2.35. The minimum absolute atomic E-state index is 0.0993. The van der Waals surface area contributed by atoms with Crippen molar-refractivity contribution in [2.75, 3.05) is 0 Å². The molecule has 0 bridgehead atoms. The summed E-state index contributed by atoms with van der Waals surface area (Å²) in [5, 5.41) is 3.18. The molecule has 3 rings (SSSR count). The third-order valence-electron chi connectivity index (χ3n) is 4.66. The van der Waals surface area contributed by atoms with Gasteiger partial charge in [0.15, 0.2) is 5.69 Å². The Labute approximate surface area is 180 Å². The number of benzene rings is 1. The monoisotopic (exact) mass is 451 g/mol. The van der Waals surface area contributed by atoms with Gasteiger partial charge in [-0.05, 0) is 45.0 Å². The Bertz CT molecular complexity index is 1160. The van der Waals surface area contributed by atoms with Gasteiger partial charge in [-0.25, -0.2) is 0 Å². The third-order valence-corrected chi connectivity index (χ3v) is 5.74. The number of rotatable bonds is 6. The molecule has 0 saturated heterocycles. The van der Waals surface area contributed by atoms with Crippen LogP contribution in [0.1, 0.15) is 40.3 Å². The number of nitrogens with two attached hydrogens (primary N) is 1. The minimum atomic E-state index is -4.59. The molecule has 0 fully saturated rings. The van der Waals surface area contributed by atoms with Crippen molar-refractivity contribution in [2.24, 2.45) is 5.73 Å². The van der Waals surface area contributed by atoms with Crippen molar-refractivity contribution in [3.63, 3.8) is 0 Å². The third kappa shape index (κ3) is 4.79. The lowest BCUT2D eigenvalue weighted by Gasteiger charge is -2.22. The van der Waals surface area contributed by atoms with E-state index in [4.69, 9.17) is 10.5 Å². The molecule has 31 heavy (non-hydrogen) atoms. The number of hydrogen-bond donors (Lipinski definition) is 2. The molecule has 2 heterocycles. The zero-order chi connectivity index (χ0) is 23.0. The summed E-state index contributed by atoms with van der Waals surface area (Å²) >= 11 is 1.38. The van der Waals surface area contributed by atoms with Gasteiger partial charge in [0.05, 0.1) is 5.56 Å². The Hall–Kier alpha value is -3.14. The molecule has 1 aromatic carbocycles. The van der Waals surface area contributed by atoms with Crippen molar-refractivity contribution in [3.05, 3.63) is 58.2 Å². The fraction of sp³-hybridized carbons (Fsp3) is 0.286. The van der Waals surface area contributed by atoms with E-state index in [2.05, 4.69) is 10.3 Å². The number of nitrogens with zero attached hydrogens (tertiary/aromatic N) is 1. The van der Waals surface area contributed by atoms with E-state index >= 15 is 0 Å². The average molecular weight is 451 g/mol. The van der Waals surface area contributed by atoms with Crippen LogP contribution in [-0.4, -0.2) is 22.3 Å². The SMILES string of the molecule is Cc1sc2ccc(OCc3cccnc3C(F)(F)F)cc2c1C(=O)NC(C)(C)C(N)=O. The van der Waals surface area contributed by atoms with Gasteiger partial charge in [-0.1, -0.05) is 6.07 Å². The maximum Gasteiger partial charge on any atom is 0.433 e. The quantitative estimate of drug-likeness (QED) is 0.587. The predicted octanol–water partition coefficient (Wildman–Crippen LogP) is 4.20. The zero-order valence-electron chi connectivity index (χ0n) is 17.0. The minimum Gasteiger partial charge on any atom is -0.489 e. The second-order valence-electron chi connectivity index (χ2n) is 7.43. The van der Waals surface area contributed by atoms with Gasteiger partial charge >= 0.3 is 6.18 Å². The van der Waals surface area contributed by atoms with Gasteiger partial charge in [0, 0.05) is 26.7 Å². The normalized spacial score (nSPS) is 12.1. The molecule has 164 valence electrons. The van der Waals surface area contributed by atoms with Crippen molar-refractivity contribution < 1.29 is 27.5 Å². The fourth-order valence-corrected chi connectivity index (χ4v) is 3.99. The van der Waals surface area contributed by atoms with E-state index < -0.39 is 29.2 Å². The van der Waals surface area contributed by atoms with Crippen LogP contribution in [0.2, 0.25) is 0 Å². The molecule has 0 aliphatic carbocycles. The Kier molecular flexibility index (Phi) is 5.95. The molecule has 2 aromatic heterocycles. The van der Waals surface area contributed by atoms with Gasteiger partial charge in [-0.2, -0.15) is 13.2 Å². The molecule has 0 aliphatic heterocycles. The van der Waals surface area contributed by atoms with Crippen LogP contribution >= 0.6 is 11.3 Å². The Balaban J connectivity index is 1.89. The summed E-state index contributed by atoms with van der Waals surface area (Å²) < 4.78 is 45.7. The first-order valence-electron chi connectivity index (χ1n) is 9.19. The Morgan fingerprint density at radius 2 is 1.94 bits per heavy atom. The first-order chi connectivity index (χ1) is 14.4. The largest absolute Gasteiger partial charge is 0.489 e. The summed E-state index contributed by atoms with van der Waals surface area (Å²) in [5.41, 5.74) is 3.33. The van der Waals surface area contributed by atoms with Crippen molar-refractivity contribution in [2.45, 2.75) is 39.1 Å². The first-order valence-corrected chi connectivity index (χ1v) is 10.0. The molecule has 0 radical (unpaired) electrons. The van der Waals surface area contributed by atoms with Crippen molar-refractivity contribution >= 4 is 33.2 Å². The van der Waals surface area contributed by atoms with E-state index in [1.54, 1.807) is 25.1 Å². The van der Waals surface area contributed by atoms with Gasteiger partial charge in [-0.3, -0.25) is 14.6 Å².